The molecule has 4 rings (SSSR count). The molecular formula is C19H19ClN4OS2. The highest BCUT2D eigenvalue weighted by Gasteiger charge is 2.20. The highest BCUT2D eigenvalue weighted by Crippen LogP contribution is 2.34. The van der Waals surface area contributed by atoms with Gasteiger partial charge in [0, 0.05) is 23.8 Å². The minimum absolute atomic E-state index is 0.143. The highest BCUT2D eigenvalue weighted by atomic mass is 35.5. The number of thioether (sulfide) groups is 1. The van der Waals surface area contributed by atoms with Crippen molar-refractivity contribution in [2.24, 2.45) is 0 Å². The molecule has 0 aliphatic carbocycles. The maximum atomic E-state index is 12.7. The van der Waals surface area contributed by atoms with Crippen LogP contribution in [0.3, 0.4) is 0 Å². The molecule has 1 amide bonds. The van der Waals surface area contributed by atoms with E-state index in [2.05, 4.69) is 15.2 Å². The Morgan fingerprint density at radius 2 is 1.93 bits per heavy atom. The van der Waals surface area contributed by atoms with Crippen molar-refractivity contribution in [3.8, 4) is 0 Å². The number of aromatic nitrogens is 2. The van der Waals surface area contributed by atoms with Gasteiger partial charge in [-0.25, -0.2) is 9.97 Å². The van der Waals surface area contributed by atoms with Gasteiger partial charge < -0.3 is 10.2 Å². The second kappa shape index (κ2) is 8.04. The fourth-order valence-corrected chi connectivity index (χ4v) is 4.63. The Hall–Kier alpha value is -1.83. The van der Waals surface area contributed by atoms with E-state index in [1.807, 2.05) is 12.3 Å². The number of fused-ring (bicyclic) bond motifs is 1. The van der Waals surface area contributed by atoms with Crippen LogP contribution >= 0.6 is 34.7 Å². The molecule has 1 aliphatic rings. The number of nitrogens with one attached hydrogen (secondary N) is 1. The molecule has 0 unspecified atom stereocenters. The molecule has 3 heterocycles. The predicted octanol–water partition coefficient (Wildman–Crippen LogP) is 5.31. The van der Waals surface area contributed by atoms with Gasteiger partial charge in [-0.15, -0.1) is 11.3 Å². The molecule has 2 aromatic heterocycles. The van der Waals surface area contributed by atoms with Crippen molar-refractivity contribution >= 4 is 62.3 Å². The van der Waals surface area contributed by atoms with Crippen molar-refractivity contribution in [1.82, 2.24) is 9.97 Å². The number of piperidine rings is 1. The number of hydrogen-bond donors (Lipinski definition) is 1. The molecule has 1 aliphatic heterocycles. The van der Waals surface area contributed by atoms with Gasteiger partial charge in [0.2, 0.25) is 0 Å². The van der Waals surface area contributed by atoms with Gasteiger partial charge in [-0.1, -0.05) is 23.4 Å². The maximum absolute atomic E-state index is 12.7. The monoisotopic (exact) mass is 418 g/mol. The number of thiophene rings is 1. The summed E-state index contributed by atoms with van der Waals surface area (Å²) in [7, 11) is 0. The topological polar surface area (TPSA) is 58.1 Å². The van der Waals surface area contributed by atoms with Gasteiger partial charge >= 0.3 is 0 Å². The van der Waals surface area contributed by atoms with Gasteiger partial charge in [-0.3, -0.25) is 4.79 Å². The van der Waals surface area contributed by atoms with Crippen molar-refractivity contribution < 1.29 is 4.79 Å². The first-order chi connectivity index (χ1) is 13.1. The Balaban J connectivity index is 1.67. The lowest BCUT2D eigenvalue weighted by Crippen LogP contribution is -2.30. The first-order valence-electron chi connectivity index (χ1n) is 8.81. The standard InChI is InChI=1S/C19H19ClN4OS2/c1-26-19-22-16(24-9-3-2-4-10-24)14-11-15(27-18(14)23-19)17(25)21-13-7-5-12(20)6-8-13/h5-8,11H,2-4,9-10H2,1H3,(H,21,25). The van der Waals surface area contributed by atoms with Crippen LogP contribution in [0, 0.1) is 0 Å². The van der Waals surface area contributed by atoms with Crippen LogP contribution in [0.25, 0.3) is 10.2 Å². The Morgan fingerprint density at radius 3 is 2.63 bits per heavy atom. The van der Waals surface area contributed by atoms with Crippen LogP contribution in [0.2, 0.25) is 5.02 Å². The van der Waals surface area contributed by atoms with Crippen molar-refractivity contribution in [3.63, 3.8) is 0 Å². The summed E-state index contributed by atoms with van der Waals surface area (Å²) >= 11 is 8.84. The number of benzene rings is 1. The number of carbonyl (C=O) groups excluding carboxylic acids is 1. The van der Waals surface area contributed by atoms with Crippen LogP contribution in [0.1, 0.15) is 28.9 Å². The number of nitrogens with zero attached hydrogens (tertiary/aromatic N) is 3. The Labute approximate surface area is 171 Å². The first-order valence-corrected chi connectivity index (χ1v) is 11.2. The van der Waals surface area contributed by atoms with E-state index in [4.69, 9.17) is 16.6 Å². The third-order valence-electron chi connectivity index (χ3n) is 4.52. The van der Waals surface area contributed by atoms with E-state index in [0.29, 0.717) is 15.6 Å². The molecule has 1 N–H and O–H groups in total. The Kier molecular flexibility index (Phi) is 5.52. The lowest BCUT2D eigenvalue weighted by atomic mass is 10.1. The molecule has 0 radical (unpaired) electrons. The quantitative estimate of drug-likeness (QED) is 0.459. The van der Waals surface area contributed by atoms with Crippen LogP contribution in [-0.4, -0.2) is 35.2 Å². The van der Waals surface area contributed by atoms with Crippen LogP contribution in [0.4, 0.5) is 11.5 Å². The first kappa shape index (κ1) is 18.5. The van der Waals surface area contributed by atoms with Crippen LogP contribution in [0.5, 0.6) is 0 Å². The SMILES string of the molecule is CSc1nc(N2CCCCC2)c2cc(C(=O)Nc3ccc(Cl)cc3)sc2n1. The number of halogens is 1. The lowest BCUT2D eigenvalue weighted by molar-refractivity contribution is 0.103. The minimum atomic E-state index is -0.143. The summed E-state index contributed by atoms with van der Waals surface area (Å²) in [5.41, 5.74) is 0.717. The fourth-order valence-electron chi connectivity index (χ4n) is 3.16. The zero-order chi connectivity index (χ0) is 18.8. The molecule has 1 aromatic carbocycles. The third-order valence-corrected chi connectivity index (χ3v) is 6.34. The van der Waals surface area contributed by atoms with E-state index in [1.54, 1.807) is 24.3 Å². The van der Waals surface area contributed by atoms with Crippen molar-refractivity contribution in [1.29, 1.82) is 0 Å². The molecule has 0 saturated carbocycles. The fraction of sp³-hybridized carbons (Fsp3) is 0.316. The molecular weight excluding hydrogens is 400 g/mol. The van der Waals surface area contributed by atoms with E-state index in [0.717, 1.165) is 34.3 Å². The molecule has 5 nitrogen and oxygen atoms in total. The van der Waals surface area contributed by atoms with Crippen molar-refractivity contribution in [2.75, 3.05) is 29.6 Å². The van der Waals surface area contributed by atoms with Crippen LogP contribution in [0.15, 0.2) is 35.5 Å². The summed E-state index contributed by atoms with van der Waals surface area (Å²) < 4.78 is 0. The minimum Gasteiger partial charge on any atom is -0.356 e. The Bertz CT molecular complexity index is 968. The molecule has 3 aromatic rings. The number of rotatable bonds is 4. The third kappa shape index (κ3) is 4.05. The Morgan fingerprint density at radius 1 is 1.19 bits per heavy atom. The normalized spacial score (nSPS) is 14.5. The van der Waals surface area contributed by atoms with Crippen molar-refractivity contribution in [2.45, 2.75) is 24.4 Å². The average Bonchev–Trinajstić information content (AvgIpc) is 3.14. The molecule has 0 bridgehead atoms. The van der Waals surface area contributed by atoms with E-state index in [-0.39, 0.29) is 5.91 Å². The second-order valence-electron chi connectivity index (χ2n) is 6.37. The lowest BCUT2D eigenvalue weighted by Gasteiger charge is -2.28. The zero-order valence-electron chi connectivity index (χ0n) is 14.9. The van der Waals surface area contributed by atoms with Gasteiger partial charge in [0.15, 0.2) is 5.16 Å². The van der Waals surface area contributed by atoms with Gasteiger partial charge in [0.25, 0.3) is 5.91 Å². The zero-order valence-corrected chi connectivity index (χ0v) is 17.3. The maximum Gasteiger partial charge on any atom is 0.265 e. The number of carbonyl (C=O) groups is 1. The average molecular weight is 419 g/mol. The summed E-state index contributed by atoms with van der Waals surface area (Å²) in [5, 5.41) is 5.26. The van der Waals surface area contributed by atoms with Gasteiger partial charge in [-0.2, -0.15) is 0 Å². The molecule has 140 valence electrons. The highest BCUT2D eigenvalue weighted by molar-refractivity contribution is 7.98. The molecule has 1 saturated heterocycles. The van der Waals surface area contributed by atoms with Gasteiger partial charge in [-0.05, 0) is 55.9 Å². The van der Waals surface area contributed by atoms with E-state index in [1.165, 1.54) is 42.4 Å². The predicted molar refractivity (Wildman–Crippen MR) is 115 cm³/mol. The largest absolute Gasteiger partial charge is 0.356 e. The van der Waals surface area contributed by atoms with E-state index in [9.17, 15) is 4.79 Å². The number of anilines is 2. The smallest absolute Gasteiger partial charge is 0.265 e. The van der Waals surface area contributed by atoms with Crippen LogP contribution < -0.4 is 10.2 Å². The summed E-state index contributed by atoms with van der Waals surface area (Å²) in [6.07, 6.45) is 5.59. The number of amides is 1. The second-order valence-corrected chi connectivity index (χ2v) is 8.61. The van der Waals surface area contributed by atoms with Crippen LogP contribution in [-0.2, 0) is 0 Å². The molecule has 27 heavy (non-hydrogen) atoms. The summed E-state index contributed by atoms with van der Waals surface area (Å²) in [5.74, 6) is 0.807. The number of hydrogen-bond acceptors (Lipinski definition) is 6. The van der Waals surface area contributed by atoms with Crippen molar-refractivity contribution in [3.05, 3.63) is 40.2 Å². The summed E-state index contributed by atoms with van der Waals surface area (Å²) in [4.78, 5) is 25.9. The summed E-state index contributed by atoms with van der Waals surface area (Å²) in [6, 6.07) is 9.01. The molecule has 8 heteroatoms. The van der Waals surface area contributed by atoms with Gasteiger partial charge in [0.1, 0.15) is 10.6 Å². The molecule has 0 spiro atoms. The molecule has 1 fully saturated rings. The van der Waals surface area contributed by atoms with E-state index < -0.39 is 0 Å². The summed E-state index contributed by atoms with van der Waals surface area (Å²) in [6.45, 7) is 2.00. The van der Waals surface area contributed by atoms with E-state index >= 15 is 0 Å². The molecule has 0 atom stereocenters. The van der Waals surface area contributed by atoms with Gasteiger partial charge in [0.05, 0.1) is 10.3 Å².